The Morgan fingerprint density at radius 1 is 1.08 bits per heavy atom. The van der Waals surface area contributed by atoms with E-state index in [1.807, 2.05) is 41.5 Å². The summed E-state index contributed by atoms with van der Waals surface area (Å²) in [5, 5.41) is 11.2. The lowest BCUT2D eigenvalue weighted by atomic mass is 10.1. The maximum absolute atomic E-state index is 11.2. The number of hydrogen-bond donors (Lipinski definition) is 0. The number of rotatable bonds is 2. The Balaban J connectivity index is 0.000000798. The molecule has 0 amide bonds. The lowest BCUT2D eigenvalue weighted by molar-refractivity contribution is -0.384. The van der Waals surface area contributed by atoms with Gasteiger partial charge in [-0.05, 0) is 19.3 Å². The van der Waals surface area contributed by atoms with Crippen molar-refractivity contribution in [1.82, 2.24) is 4.98 Å². The summed E-state index contributed by atoms with van der Waals surface area (Å²) in [6.07, 6.45) is 5.43. The minimum Gasteiger partial charge on any atom is -0.477 e. The van der Waals surface area contributed by atoms with Gasteiger partial charge in [0.25, 0.3) is 0 Å². The van der Waals surface area contributed by atoms with Gasteiger partial charge in [0.05, 0.1) is 11.5 Å². The number of aromatic nitrogens is 1. The van der Waals surface area contributed by atoms with Crippen LogP contribution in [0.5, 0.6) is 5.88 Å². The van der Waals surface area contributed by atoms with Crippen LogP contribution in [0.25, 0.3) is 0 Å². The average Bonchev–Trinajstić information content (AvgIpc) is 3.15. The van der Waals surface area contributed by atoms with Crippen molar-refractivity contribution < 1.29 is 9.66 Å². The van der Waals surface area contributed by atoms with Gasteiger partial charge >= 0.3 is 5.69 Å². The molecule has 0 radical (unpaired) electrons. The van der Waals surface area contributed by atoms with Gasteiger partial charge in [-0.3, -0.25) is 10.1 Å². The summed E-state index contributed by atoms with van der Waals surface area (Å²) in [7, 11) is 0. The van der Waals surface area contributed by atoms with E-state index in [1.165, 1.54) is 12.6 Å². The molecule has 0 N–H and O–H groups in total. The zero-order valence-corrected chi connectivity index (χ0v) is 16.1. The maximum Gasteiger partial charge on any atom is 0.311 e. The Hall–Kier alpha value is -1.85. The van der Waals surface area contributed by atoms with Crippen molar-refractivity contribution in [3.05, 3.63) is 21.9 Å². The van der Waals surface area contributed by atoms with Crippen molar-refractivity contribution in [1.29, 1.82) is 0 Å². The smallest absolute Gasteiger partial charge is 0.311 e. The van der Waals surface area contributed by atoms with Crippen LogP contribution in [0.15, 0.2) is 6.20 Å². The van der Waals surface area contributed by atoms with E-state index in [1.54, 1.807) is 0 Å². The van der Waals surface area contributed by atoms with E-state index in [0.717, 1.165) is 43.6 Å². The minimum atomic E-state index is -0.338. The van der Waals surface area contributed by atoms with Gasteiger partial charge in [0.2, 0.25) is 5.88 Å². The molecular weight excluding hydrogens is 306 g/mol. The van der Waals surface area contributed by atoms with E-state index in [2.05, 4.69) is 9.88 Å². The molecule has 2 aliphatic heterocycles. The third kappa shape index (κ3) is 5.35. The van der Waals surface area contributed by atoms with Gasteiger partial charge in [-0.15, -0.1) is 0 Å². The molecule has 138 valence electrons. The number of ether oxygens (including phenoxy) is 1. The number of nitrogens with zero attached hydrogens (tertiary/aromatic N) is 3. The standard InChI is InChI=1S/C12H15N3O3.3C2H6/c16-15(17)10-8-13-12-9(4-7-18-12)11(10)14-5-2-1-3-6-14;3*1-2/h8H,1-7H2;3*1-2H3. The number of fused-ring (bicyclic) bond motifs is 1. The Morgan fingerprint density at radius 2 is 1.67 bits per heavy atom. The van der Waals surface area contributed by atoms with Crippen molar-refractivity contribution in [2.24, 2.45) is 0 Å². The number of hydrogen-bond acceptors (Lipinski definition) is 5. The number of pyridine rings is 1. The molecule has 1 aromatic heterocycles. The highest BCUT2D eigenvalue weighted by Crippen LogP contribution is 2.39. The van der Waals surface area contributed by atoms with Crippen molar-refractivity contribution in [3.8, 4) is 5.88 Å². The lowest BCUT2D eigenvalue weighted by Crippen LogP contribution is -2.30. The van der Waals surface area contributed by atoms with Gasteiger partial charge in [0, 0.05) is 25.1 Å². The van der Waals surface area contributed by atoms with Crippen LogP contribution >= 0.6 is 0 Å². The predicted octanol–water partition coefficient (Wildman–Crippen LogP) is 4.99. The Labute approximate surface area is 146 Å². The quantitative estimate of drug-likeness (QED) is 0.560. The summed E-state index contributed by atoms with van der Waals surface area (Å²) in [5.41, 5.74) is 1.76. The molecule has 0 aromatic carbocycles. The molecule has 6 heteroatoms. The molecule has 0 aliphatic carbocycles. The molecule has 6 nitrogen and oxygen atoms in total. The maximum atomic E-state index is 11.2. The summed E-state index contributed by atoms with van der Waals surface area (Å²) < 4.78 is 5.40. The van der Waals surface area contributed by atoms with E-state index >= 15 is 0 Å². The number of anilines is 1. The van der Waals surface area contributed by atoms with E-state index in [-0.39, 0.29) is 10.6 Å². The van der Waals surface area contributed by atoms with E-state index in [4.69, 9.17) is 4.74 Å². The van der Waals surface area contributed by atoms with Crippen LogP contribution in [-0.4, -0.2) is 29.6 Å². The van der Waals surface area contributed by atoms with Crippen molar-refractivity contribution >= 4 is 11.4 Å². The minimum absolute atomic E-state index is 0.112. The fourth-order valence-corrected chi connectivity index (χ4v) is 2.72. The van der Waals surface area contributed by atoms with Crippen LogP contribution < -0.4 is 9.64 Å². The third-order valence-electron chi connectivity index (χ3n) is 3.55. The molecule has 0 unspecified atom stereocenters. The van der Waals surface area contributed by atoms with Gasteiger partial charge < -0.3 is 9.64 Å². The molecule has 0 saturated carbocycles. The summed E-state index contributed by atoms with van der Waals surface area (Å²) in [6, 6.07) is 0. The first-order valence-corrected chi connectivity index (χ1v) is 9.31. The molecule has 1 saturated heterocycles. The van der Waals surface area contributed by atoms with E-state index in [9.17, 15) is 10.1 Å². The first-order valence-electron chi connectivity index (χ1n) is 9.31. The zero-order valence-electron chi connectivity index (χ0n) is 16.1. The monoisotopic (exact) mass is 339 g/mol. The first kappa shape index (κ1) is 22.1. The normalized spacial score (nSPS) is 14.5. The van der Waals surface area contributed by atoms with Gasteiger partial charge in [0.15, 0.2) is 0 Å². The fraction of sp³-hybridized carbons (Fsp3) is 0.722. The van der Waals surface area contributed by atoms with Crippen LogP contribution in [-0.2, 0) is 6.42 Å². The molecule has 0 atom stereocenters. The van der Waals surface area contributed by atoms with Crippen LogP contribution in [0.4, 0.5) is 11.4 Å². The van der Waals surface area contributed by atoms with Crippen molar-refractivity contribution in [3.63, 3.8) is 0 Å². The lowest BCUT2D eigenvalue weighted by Gasteiger charge is -2.29. The molecule has 2 aliphatic rings. The predicted molar refractivity (Wildman–Crippen MR) is 100 cm³/mol. The van der Waals surface area contributed by atoms with Gasteiger partial charge in [-0.25, -0.2) is 4.98 Å². The van der Waals surface area contributed by atoms with E-state index < -0.39 is 0 Å². The highest BCUT2D eigenvalue weighted by Gasteiger charge is 2.30. The SMILES string of the molecule is CC.CC.CC.O=[N+]([O-])c1cnc2c(c1N1CCCCC1)CCO2. The third-order valence-corrected chi connectivity index (χ3v) is 3.55. The topological polar surface area (TPSA) is 68.5 Å². The largest absolute Gasteiger partial charge is 0.477 e. The molecule has 0 spiro atoms. The molecule has 3 heterocycles. The second kappa shape index (κ2) is 12.6. The fourth-order valence-electron chi connectivity index (χ4n) is 2.72. The van der Waals surface area contributed by atoms with Gasteiger partial charge in [0.1, 0.15) is 11.9 Å². The zero-order chi connectivity index (χ0) is 18.5. The van der Waals surface area contributed by atoms with Crippen LogP contribution in [0.1, 0.15) is 66.4 Å². The second-order valence-corrected chi connectivity index (χ2v) is 4.68. The Kier molecular flexibility index (Phi) is 11.6. The first-order chi connectivity index (χ1) is 11.8. The summed E-state index contributed by atoms with van der Waals surface area (Å²) in [5.74, 6) is 0.571. The van der Waals surface area contributed by atoms with Crippen LogP contribution in [0, 0.1) is 10.1 Å². The Bertz CT molecular complexity index is 487. The Morgan fingerprint density at radius 3 is 2.21 bits per heavy atom. The number of piperidine rings is 1. The van der Waals surface area contributed by atoms with Gasteiger partial charge in [-0.2, -0.15) is 0 Å². The highest BCUT2D eigenvalue weighted by atomic mass is 16.6. The number of nitro groups is 1. The second-order valence-electron chi connectivity index (χ2n) is 4.68. The van der Waals surface area contributed by atoms with Gasteiger partial charge in [-0.1, -0.05) is 41.5 Å². The van der Waals surface area contributed by atoms with E-state index in [0.29, 0.717) is 12.5 Å². The molecule has 0 bridgehead atoms. The average molecular weight is 339 g/mol. The molecule has 3 rings (SSSR count). The summed E-state index contributed by atoms with van der Waals surface area (Å²) >= 11 is 0. The van der Waals surface area contributed by atoms with Crippen LogP contribution in [0.3, 0.4) is 0 Å². The summed E-state index contributed by atoms with van der Waals surface area (Å²) in [4.78, 5) is 17.0. The molecule has 1 aromatic rings. The molecular formula is C18H33N3O3. The van der Waals surface area contributed by atoms with Crippen LogP contribution in [0.2, 0.25) is 0 Å². The van der Waals surface area contributed by atoms with Crippen molar-refractivity contribution in [2.45, 2.75) is 67.2 Å². The molecule has 24 heavy (non-hydrogen) atoms. The van der Waals surface area contributed by atoms with Crippen molar-refractivity contribution in [2.75, 3.05) is 24.6 Å². The highest BCUT2D eigenvalue weighted by molar-refractivity contribution is 5.70. The summed E-state index contributed by atoms with van der Waals surface area (Å²) in [6.45, 7) is 14.3. The molecule has 1 fully saturated rings.